The summed E-state index contributed by atoms with van der Waals surface area (Å²) in [6.45, 7) is 0. The first-order chi connectivity index (χ1) is 12.0. The number of nitrogens with zero attached hydrogens (tertiary/aromatic N) is 2. The minimum atomic E-state index is -0.693. The van der Waals surface area contributed by atoms with Gasteiger partial charge in [-0.2, -0.15) is 0 Å². The van der Waals surface area contributed by atoms with E-state index >= 15 is 0 Å². The van der Waals surface area contributed by atoms with Crippen LogP contribution in [0.5, 0.6) is 0 Å². The smallest absolute Gasteiger partial charge is 0.363 e. The molecule has 2 aromatic carbocycles. The van der Waals surface area contributed by atoms with Gasteiger partial charge >= 0.3 is 5.97 Å². The van der Waals surface area contributed by atoms with E-state index in [2.05, 4.69) is 4.99 Å². The first kappa shape index (κ1) is 16.3. The van der Waals surface area contributed by atoms with Crippen molar-refractivity contribution in [3.05, 3.63) is 87.4 Å². The molecule has 1 aliphatic heterocycles. The number of nitro groups is 1. The quantitative estimate of drug-likeness (QED) is 0.368. The van der Waals surface area contributed by atoms with Crippen molar-refractivity contribution >= 4 is 29.7 Å². The van der Waals surface area contributed by atoms with Crippen LogP contribution < -0.4 is 0 Å². The predicted molar refractivity (Wildman–Crippen MR) is 90.0 cm³/mol. The molecule has 0 amide bonds. The Morgan fingerprint density at radius 1 is 1.12 bits per heavy atom. The zero-order chi connectivity index (χ0) is 17.8. The summed E-state index contributed by atoms with van der Waals surface area (Å²) < 4.78 is 18.6. The second-order valence-corrected chi connectivity index (χ2v) is 5.08. The van der Waals surface area contributed by atoms with Gasteiger partial charge in [0.15, 0.2) is 5.70 Å². The van der Waals surface area contributed by atoms with Gasteiger partial charge in [-0.05, 0) is 23.8 Å². The molecular weight excluding hydrogens is 327 g/mol. The molecule has 124 valence electrons. The van der Waals surface area contributed by atoms with Gasteiger partial charge in [0.05, 0.1) is 4.92 Å². The fourth-order valence-corrected chi connectivity index (χ4v) is 2.15. The summed E-state index contributed by atoms with van der Waals surface area (Å²) in [5.74, 6) is -1.14. The predicted octanol–water partition coefficient (Wildman–Crippen LogP) is 3.74. The molecule has 7 heteroatoms. The van der Waals surface area contributed by atoms with Gasteiger partial charge in [-0.1, -0.05) is 30.3 Å². The Bertz CT molecular complexity index is 948. The number of carbonyl (C=O) groups excluding carboxylic acids is 1. The summed E-state index contributed by atoms with van der Waals surface area (Å²) in [6.07, 6.45) is 4.25. The zero-order valence-corrected chi connectivity index (χ0v) is 12.8. The lowest BCUT2D eigenvalue weighted by molar-refractivity contribution is -0.384. The SMILES string of the molecule is O=C1OC(/C=C/c2cccc([N+](=O)[O-])c2)=NC/1=C\c1ccccc1F. The van der Waals surface area contributed by atoms with E-state index in [0.717, 1.165) is 0 Å². The van der Waals surface area contributed by atoms with Crippen molar-refractivity contribution in [2.24, 2.45) is 4.99 Å². The van der Waals surface area contributed by atoms with Crippen molar-refractivity contribution in [1.29, 1.82) is 0 Å². The average Bonchev–Trinajstić information content (AvgIpc) is 2.95. The molecule has 0 saturated carbocycles. The second kappa shape index (κ2) is 6.88. The molecule has 2 aromatic rings. The highest BCUT2D eigenvalue weighted by molar-refractivity contribution is 6.11. The molecule has 6 nitrogen and oxygen atoms in total. The fourth-order valence-electron chi connectivity index (χ4n) is 2.15. The van der Waals surface area contributed by atoms with Crippen molar-refractivity contribution < 1.29 is 18.8 Å². The lowest BCUT2D eigenvalue weighted by atomic mass is 10.2. The number of benzene rings is 2. The minimum absolute atomic E-state index is 0.0243. The van der Waals surface area contributed by atoms with Crippen molar-refractivity contribution in [2.45, 2.75) is 0 Å². The van der Waals surface area contributed by atoms with E-state index in [4.69, 9.17) is 4.74 Å². The molecule has 3 rings (SSSR count). The molecule has 0 aliphatic carbocycles. The molecule has 1 heterocycles. The van der Waals surface area contributed by atoms with Crippen LogP contribution in [0.3, 0.4) is 0 Å². The van der Waals surface area contributed by atoms with Crippen LogP contribution in [0.15, 0.2) is 65.3 Å². The van der Waals surface area contributed by atoms with Crippen molar-refractivity contribution in [3.63, 3.8) is 0 Å². The van der Waals surface area contributed by atoms with Crippen LogP contribution >= 0.6 is 0 Å². The molecular formula is C18H11FN2O4. The van der Waals surface area contributed by atoms with E-state index in [-0.39, 0.29) is 22.8 Å². The normalized spacial score (nSPS) is 15.5. The van der Waals surface area contributed by atoms with Crippen LogP contribution in [0.2, 0.25) is 0 Å². The van der Waals surface area contributed by atoms with Gasteiger partial charge in [0.1, 0.15) is 5.82 Å². The molecule has 1 aliphatic rings. The lowest BCUT2D eigenvalue weighted by Gasteiger charge is -1.95. The number of aliphatic imine (C=N–C) groups is 1. The number of nitro benzene ring substituents is 1. The molecule has 0 atom stereocenters. The van der Waals surface area contributed by atoms with Gasteiger partial charge in [0.25, 0.3) is 5.69 Å². The van der Waals surface area contributed by atoms with E-state index in [1.54, 1.807) is 24.3 Å². The van der Waals surface area contributed by atoms with Crippen molar-refractivity contribution in [2.75, 3.05) is 0 Å². The summed E-state index contributed by atoms with van der Waals surface area (Å²) in [5.41, 5.74) is 0.707. The van der Waals surface area contributed by atoms with E-state index in [0.29, 0.717) is 5.56 Å². The standard InChI is InChI=1S/C18H11FN2O4/c19-15-7-2-1-5-13(15)11-16-18(22)25-17(20-16)9-8-12-4-3-6-14(10-12)21(23)24/h1-11H/b9-8+,16-11-. The van der Waals surface area contributed by atoms with Gasteiger partial charge < -0.3 is 4.74 Å². The Morgan fingerprint density at radius 3 is 2.68 bits per heavy atom. The molecule has 0 bridgehead atoms. The largest absolute Gasteiger partial charge is 0.403 e. The van der Waals surface area contributed by atoms with Crippen LogP contribution in [-0.2, 0) is 9.53 Å². The third kappa shape index (κ3) is 3.84. The molecule has 0 radical (unpaired) electrons. The number of cyclic esters (lactones) is 1. The van der Waals surface area contributed by atoms with E-state index < -0.39 is 16.7 Å². The fraction of sp³-hybridized carbons (Fsp3) is 0. The number of carbonyl (C=O) groups is 1. The lowest BCUT2D eigenvalue weighted by Crippen LogP contribution is -2.01. The van der Waals surface area contributed by atoms with Crippen LogP contribution in [0.25, 0.3) is 12.2 Å². The first-order valence-corrected chi connectivity index (χ1v) is 7.22. The van der Waals surface area contributed by atoms with Gasteiger partial charge in [-0.15, -0.1) is 0 Å². The van der Waals surface area contributed by atoms with Crippen LogP contribution in [0, 0.1) is 15.9 Å². The highest BCUT2D eigenvalue weighted by Crippen LogP contribution is 2.19. The number of rotatable bonds is 4. The third-order valence-electron chi connectivity index (χ3n) is 3.33. The highest BCUT2D eigenvalue weighted by atomic mass is 19.1. The van der Waals surface area contributed by atoms with Gasteiger partial charge in [0, 0.05) is 23.8 Å². The van der Waals surface area contributed by atoms with Gasteiger partial charge in [0.2, 0.25) is 5.90 Å². The van der Waals surface area contributed by atoms with E-state index in [1.807, 2.05) is 0 Å². The summed E-state index contributed by atoms with van der Waals surface area (Å²) >= 11 is 0. The summed E-state index contributed by atoms with van der Waals surface area (Å²) in [6, 6.07) is 11.9. The Labute approximate surface area is 141 Å². The number of hydrogen-bond donors (Lipinski definition) is 0. The summed E-state index contributed by atoms with van der Waals surface area (Å²) in [4.78, 5) is 26.1. The molecule has 0 aromatic heterocycles. The highest BCUT2D eigenvalue weighted by Gasteiger charge is 2.21. The Kier molecular flexibility index (Phi) is 4.47. The monoisotopic (exact) mass is 338 g/mol. The zero-order valence-electron chi connectivity index (χ0n) is 12.8. The summed E-state index contributed by atoms with van der Waals surface area (Å²) in [5, 5.41) is 10.8. The molecule has 0 unspecified atom stereocenters. The van der Waals surface area contributed by atoms with Gasteiger partial charge in [-0.25, -0.2) is 14.2 Å². The molecule has 0 saturated heterocycles. The minimum Gasteiger partial charge on any atom is -0.403 e. The van der Waals surface area contributed by atoms with Crippen LogP contribution in [0.1, 0.15) is 11.1 Å². The first-order valence-electron chi connectivity index (χ1n) is 7.22. The Morgan fingerprint density at radius 2 is 1.92 bits per heavy atom. The van der Waals surface area contributed by atoms with Crippen molar-refractivity contribution in [1.82, 2.24) is 0 Å². The summed E-state index contributed by atoms with van der Waals surface area (Å²) in [7, 11) is 0. The van der Waals surface area contributed by atoms with Crippen molar-refractivity contribution in [3.8, 4) is 0 Å². The Balaban J connectivity index is 1.82. The van der Waals surface area contributed by atoms with E-state index in [1.165, 1.54) is 42.5 Å². The van der Waals surface area contributed by atoms with E-state index in [9.17, 15) is 19.3 Å². The number of esters is 1. The molecule has 0 fully saturated rings. The van der Waals surface area contributed by atoms with Crippen LogP contribution in [0.4, 0.5) is 10.1 Å². The topological polar surface area (TPSA) is 81.8 Å². The third-order valence-corrected chi connectivity index (χ3v) is 3.33. The second-order valence-electron chi connectivity index (χ2n) is 5.08. The number of non-ortho nitro benzene ring substituents is 1. The maximum absolute atomic E-state index is 13.6. The van der Waals surface area contributed by atoms with Crippen LogP contribution in [-0.4, -0.2) is 16.8 Å². The average molecular weight is 338 g/mol. The number of halogens is 1. The number of ether oxygens (including phenoxy) is 1. The number of hydrogen-bond acceptors (Lipinski definition) is 5. The molecule has 0 N–H and O–H groups in total. The molecule has 0 spiro atoms. The molecule has 25 heavy (non-hydrogen) atoms. The Hall–Kier alpha value is -3.61. The van der Waals surface area contributed by atoms with Gasteiger partial charge in [-0.3, -0.25) is 10.1 Å². The maximum Gasteiger partial charge on any atom is 0.363 e. The maximum atomic E-state index is 13.6.